The molecule has 0 rings (SSSR count). The number of hydrogen-bond acceptors (Lipinski definition) is 7. The Morgan fingerprint density at radius 3 is 1.54 bits per heavy atom. The van der Waals surface area contributed by atoms with Gasteiger partial charge in [0, 0.05) is 0 Å². The zero-order valence-corrected chi connectivity index (χ0v) is 16.8. The lowest BCUT2D eigenvalue weighted by Crippen LogP contribution is -2.55. The van der Waals surface area contributed by atoms with E-state index in [0.717, 1.165) is 25.7 Å². The quantitative estimate of drug-likeness (QED) is 0.138. The highest BCUT2D eigenvalue weighted by atomic mass is 16.2. The maximum atomic E-state index is 12.7. The average molecular weight is 402 g/mol. The summed E-state index contributed by atoms with van der Waals surface area (Å²) in [6, 6.07) is -2.31. The highest BCUT2D eigenvalue weighted by Gasteiger charge is 2.26. The van der Waals surface area contributed by atoms with E-state index >= 15 is 0 Å². The topological polar surface area (TPSA) is 205 Å². The highest BCUT2D eigenvalue weighted by Crippen LogP contribution is 2.06. The molecular formula is C18H39N7O3. The summed E-state index contributed by atoms with van der Waals surface area (Å²) >= 11 is 0. The second-order valence-electron chi connectivity index (χ2n) is 6.98. The van der Waals surface area contributed by atoms with E-state index in [1.165, 1.54) is 0 Å². The molecule has 0 fully saturated rings. The summed E-state index contributed by atoms with van der Waals surface area (Å²) in [5, 5.41) is 5.34. The van der Waals surface area contributed by atoms with Crippen LogP contribution in [-0.2, 0) is 14.4 Å². The summed E-state index contributed by atoms with van der Waals surface area (Å²) in [4.78, 5) is 36.6. The second kappa shape index (κ2) is 16.2. The van der Waals surface area contributed by atoms with E-state index in [-0.39, 0.29) is 0 Å². The SMILES string of the molecule is NCCCC[C@@H](N)C(=O)N[C@H](CCCCN)C(=O)N[C@H](CCCCN)C(N)=O. The van der Waals surface area contributed by atoms with E-state index in [0.29, 0.717) is 51.7 Å². The molecule has 3 amide bonds. The third-order valence-electron chi connectivity index (χ3n) is 4.49. The van der Waals surface area contributed by atoms with E-state index < -0.39 is 35.8 Å². The average Bonchev–Trinajstić information content (AvgIpc) is 2.66. The first kappa shape index (κ1) is 26.2. The summed E-state index contributed by atoms with van der Waals surface area (Å²) in [7, 11) is 0. The number of nitrogens with two attached hydrogens (primary N) is 5. The predicted octanol–water partition coefficient (Wildman–Crippen LogP) is -1.84. The molecule has 0 bridgehead atoms. The normalized spacial score (nSPS) is 14.1. The molecular weight excluding hydrogens is 362 g/mol. The van der Waals surface area contributed by atoms with Crippen LogP contribution >= 0.6 is 0 Å². The van der Waals surface area contributed by atoms with Crippen LogP contribution in [-0.4, -0.2) is 55.5 Å². The number of nitrogens with one attached hydrogen (secondary N) is 2. The Morgan fingerprint density at radius 2 is 1.07 bits per heavy atom. The Labute approximate surface area is 167 Å². The highest BCUT2D eigenvalue weighted by molar-refractivity contribution is 5.92. The molecule has 0 saturated heterocycles. The Hall–Kier alpha value is -1.75. The van der Waals surface area contributed by atoms with Gasteiger partial charge in [-0.25, -0.2) is 0 Å². The summed E-state index contributed by atoms with van der Waals surface area (Å²) in [5.41, 5.74) is 27.7. The van der Waals surface area contributed by atoms with Crippen LogP contribution in [0.25, 0.3) is 0 Å². The van der Waals surface area contributed by atoms with Crippen molar-refractivity contribution < 1.29 is 14.4 Å². The molecule has 0 radical (unpaired) electrons. The zero-order valence-electron chi connectivity index (χ0n) is 16.8. The summed E-state index contributed by atoms with van der Waals surface area (Å²) in [6.07, 6.45) is 5.59. The summed E-state index contributed by atoms with van der Waals surface area (Å²) in [5.74, 6) is -1.46. The van der Waals surface area contributed by atoms with Gasteiger partial charge in [0.2, 0.25) is 17.7 Å². The maximum Gasteiger partial charge on any atom is 0.243 e. The molecule has 0 aliphatic carbocycles. The minimum absolute atomic E-state index is 0.399. The molecule has 0 aliphatic rings. The molecule has 28 heavy (non-hydrogen) atoms. The van der Waals surface area contributed by atoms with Gasteiger partial charge in [0.05, 0.1) is 6.04 Å². The van der Waals surface area contributed by atoms with Gasteiger partial charge in [-0.2, -0.15) is 0 Å². The summed E-state index contributed by atoms with van der Waals surface area (Å²) in [6.45, 7) is 1.53. The maximum absolute atomic E-state index is 12.7. The van der Waals surface area contributed by atoms with Gasteiger partial charge in [0.25, 0.3) is 0 Å². The van der Waals surface area contributed by atoms with E-state index in [1.54, 1.807) is 0 Å². The Kier molecular flexibility index (Phi) is 15.2. The van der Waals surface area contributed by atoms with Crippen LogP contribution < -0.4 is 39.3 Å². The molecule has 0 heterocycles. The van der Waals surface area contributed by atoms with Gasteiger partial charge >= 0.3 is 0 Å². The van der Waals surface area contributed by atoms with Crippen LogP contribution in [0.3, 0.4) is 0 Å². The molecule has 0 aromatic heterocycles. The number of primary amides is 1. The molecule has 164 valence electrons. The first-order valence-electron chi connectivity index (χ1n) is 10.1. The lowest BCUT2D eigenvalue weighted by molar-refractivity contribution is -0.132. The van der Waals surface area contributed by atoms with Gasteiger partial charge in [0.1, 0.15) is 12.1 Å². The number of amides is 3. The predicted molar refractivity (Wildman–Crippen MR) is 110 cm³/mol. The Balaban J connectivity index is 4.86. The van der Waals surface area contributed by atoms with Crippen molar-refractivity contribution in [2.75, 3.05) is 19.6 Å². The van der Waals surface area contributed by atoms with Crippen LogP contribution in [0.15, 0.2) is 0 Å². The fourth-order valence-electron chi connectivity index (χ4n) is 2.73. The number of carbonyl (C=O) groups excluding carboxylic acids is 3. The molecule has 0 spiro atoms. The fraction of sp³-hybridized carbons (Fsp3) is 0.833. The molecule has 0 aromatic rings. The van der Waals surface area contributed by atoms with Gasteiger partial charge in [-0.1, -0.05) is 6.42 Å². The van der Waals surface area contributed by atoms with Crippen LogP contribution in [0.1, 0.15) is 57.8 Å². The monoisotopic (exact) mass is 401 g/mol. The van der Waals surface area contributed by atoms with Crippen molar-refractivity contribution in [1.82, 2.24) is 10.6 Å². The number of unbranched alkanes of at least 4 members (excludes halogenated alkanes) is 3. The standard InChI is InChI=1S/C18H39N7O3/c19-10-4-1-7-13(22)17(27)25-15(9-3-6-12-21)18(28)24-14(16(23)26)8-2-5-11-20/h13-15H,1-12,19-22H2,(H2,23,26)(H,24,28)(H,25,27)/t13-,14-,15-/m1/s1. The van der Waals surface area contributed by atoms with E-state index in [9.17, 15) is 14.4 Å². The Bertz CT molecular complexity index is 462. The van der Waals surface area contributed by atoms with Crippen molar-refractivity contribution in [2.24, 2.45) is 28.7 Å². The molecule has 3 atom stereocenters. The number of hydrogen-bond donors (Lipinski definition) is 7. The summed E-state index contributed by atoms with van der Waals surface area (Å²) < 4.78 is 0. The van der Waals surface area contributed by atoms with E-state index in [2.05, 4.69) is 10.6 Å². The fourth-order valence-corrected chi connectivity index (χ4v) is 2.73. The molecule has 12 N–H and O–H groups in total. The second-order valence-corrected chi connectivity index (χ2v) is 6.98. The van der Waals surface area contributed by atoms with Gasteiger partial charge in [-0.3, -0.25) is 14.4 Å². The van der Waals surface area contributed by atoms with Crippen molar-refractivity contribution in [3.8, 4) is 0 Å². The van der Waals surface area contributed by atoms with Crippen LogP contribution in [0.2, 0.25) is 0 Å². The first-order valence-corrected chi connectivity index (χ1v) is 10.1. The van der Waals surface area contributed by atoms with Crippen molar-refractivity contribution in [3.05, 3.63) is 0 Å². The number of carbonyl (C=O) groups is 3. The van der Waals surface area contributed by atoms with Gasteiger partial charge in [0.15, 0.2) is 0 Å². The first-order chi connectivity index (χ1) is 13.4. The smallest absolute Gasteiger partial charge is 0.243 e. The van der Waals surface area contributed by atoms with Gasteiger partial charge < -0.3 is 39.3 Å². The van der Waals surface area contributed by atoms with Crippen LogP contribution in [0.5, 0.6) is 0 Å². The molecule has 0 unspecified atom stereocenters. The van der Waals surface area contributed by atoms with Gasteiger partial charge in [-0.05, 0) is 71.0 Å². The van der Waals surface area contributed by atoms with Crippen molar-refractivity contribution in [1.29, 1.82) is 0 Å². The van der Waals surface area contributed by atoms with Crippen molar-refractivity contribution >= 4 is 17.7 Å². The molecule has 0 aliphatic heterocycles. The third kappa shape index (κ3) is 11.9. The van der Waals surface area contributed by atoms with Gasteiger partial charge in [-0.15, -0.1) is 0 Å². The molecule has 0 aromatic carbocycles. The van der Waals surface area contributed by atoms with Crippen molar-refractivity contribution in [2.45, 2.75) is 75.9 Å². The van der Waals surface area contributed by atoms with Crippen LogP contribution in [0, 0.1) is 0 Å². The lowest BCUT2D eigenvalue weighted by Gasteiger charge is -2.23. The minimum atomic E-state index is -0.800. The largest absolute Gasteiger partial charge is 0.368 e. The van der Waals surface area contributed by atoms with Crippen molar-refractivity contribution in [3.63, 3.8) is 0 Å². The van der Waals surface area contributed by atoms with Crippen LogP contribution in [0.4, 0.5) is 0 Å². The Morgan fingerprint density at radius 1 is 0.643 bits per heavy atom. The number of rotatable bonds is 17. The minimum Gasteiger partial charge on any atom is -0.368 e. The molecule has 10 heteroatoms. The zero-order chi connectivity index (χ0) is 21.4. The van der Waals surface area contributed by atoms with E-state index in [1.807, 2.05) is 0 Å². The lowest BCUT2D eigenvalue weighted by atomic mass is 10.0. The molecule has 10 nitrogen and oxygen atoms in total. The third-order valence-corrected chi connectivity index (χ3v) is 4.49. The van der Waals surface area contributed by atoms with E-state index in [4.69, 9.17) is 28.7 Å². The molecule has 0 saturated carbocycles.